The van der Waals surface area contributed by atoms with E-state index in [9.17, 15) is 9.59 Å². The van der Waals surface area contributed by atoms with Gasteiger partial charge in [0.25, 0.3) is 0 Å². The first-order valence-electron chi connectivity index (χ1n) is 15.0. The Bertz CT molecular complexity index is 966. The van der Waals surface area contributed by atoms with Gasteiger partial charge in [0.15, 0.2) is 5.96 Å². The highest BCUT2D eigenvalue weighted by Crippen LogP contribution is 2.29. The molecule has 8 nitrogen and oxygen atoms in total. The molecule has 1 fully saturated rings. The molecule has 1 amide bonds. The number of benzene rings is 1. The van der Waals surface area contributed by atoms with Crippen molar-refractivity contribution >= 4 is 23.5 Å². The van der Waals surface area contributed by atoms with Gasteiger partial charge in [-0.15, -0.1) is 0 Å². The quantitative estimate of drug-likeness (QED) is 0.231. The van der Waals surface area contributed by atoms with E-state index in [1.54, 1.807) is 4.90 Å². The summed E-state index contributed by atoms with van der Waals surface area (Å²) >= 11 is 0. The number of aliphatic imine (C=N–C) groups is 1. The first-order chi connectivity index (χ1) is 18.7. The van der Waals surface area contributed by atoms with Gasteiger partial charge in [0.05, 0.1) is 18.9 Å². The minimum atomic E-state index is -0.323. The Hall–Kier alpha value is -2.77. The number of hydrogen-bond acceptors (Lipinski definition) is 7. The van der Waals surface area contributed by atoms with Gasteiger partial charge in [-0.1, -0.05) is 66.2 Å². The molecule has 1 aliphatic heterocycles. The molecular formula is C31H50N4O4. The van der Waals surface area contributed by atoms with Crippen LogP contribution in [0.3, 0.4) is 0 Å². The maximum absolute atomic E-state index is 13.2. The predicted molar refractivity (Wildman–Crippen MR) is 156 cm³/mol. The number of fused-ring (bicyclic) bond motifs is 1. The van der Waals surface area contributed by atoms with Gasteiger partial charge in [0.2, 0.25) is 5.91 Å². The third kappa shape index (κ3) is 10.4. The van der Waals surface area contributed by atoms with Crippen LogP contribution in [0, 0.1) is 5.41 Å². The van der Waals surface area contributed by atoms with E-state index in [2.05, 4.69) is 16.8 Å². The first kappa shape index (κ1) is 30.8. The SMILES string of the molecule is CCCCCCN(C(=O)CCCOc1ccc2c(c1)CN(CC(=O)OCC(C)(C)C)C(N)=N2)C1CCCCC1. The molecule has 2 aliphatic rings. The average Bonchev–Trinajstić information content (AvgIpc) is 2.90. The fourth-order valence-corrected chi connectivity index (χ4v) is 5.17. The van der Waals surface area contributed by atoms with E-state index >= 15 is 0 Å². The number of unbranched alkanes of at least 4 members (excludes halogenated alkanes) is 3. The van der Waals surface area contributed by atoms with Crippen molar-refractivity contribution in [3.05, 3.63) is 23.8 Å². The minimum Gasteiger partial charge on any atom is -0.494 e. The molecule has 1 heterocycles. The van der Waals surface area contributed by atoms with Crippen molar-refractivity contribution in [1.29, 1.82) is 0 Å². The summed E-state index contributed by atoms with van der Waals surface area (Å²) in [6.45, 7) is 10.5. The van der Waals surface area contributed by atoms with E-state index in [0.717, 1.165) is 42.8 Å². The third-order valence-corrected chi connectivity index (χ3v) is 7.35. The second-order valence-corrected chi connectivity index (χ2v) is 12.2. The number of nitrogens with zero attached hydrogens (tertiary/aromatic N) is 3. The van der Waals surface area contributed by atoms with Gasteiger partial charge >= 0.3 is 5.97 Å². The van der Waals surface area contributed by atoms with Gasteiger partial charge in [-0.3, -0.25) is 9.59 Å². The Morgan fingerprint density at radius 2 is 1.87 bits per heavy atom. The molecule has 0 spiro atoms. The number of ether oxygens (including phenoxy) is 2. The minimum absolute atomic E-state index is 0.0496. The van der Waals surface area contributed by atoms with Gasteiger partial charge in [0, 0.05) is 31.1 Å². The van der Waals surface area contributed by atoms with Crippen molar-refractivity contribution in [3.8, 4) is 5.75 Å². The van der Waals surface area contributed by atoms with Gasteiger partial charge in [0.1, 0.15) is 12.3 Å². The summed E-state index contributed by atoms with van der Waals surface area (Å²) in [5, 5.41) is 0. The first-order valence-corrected chi connectivity index (χ1v) is 15.0. The number of rotatable bonds is 14. The largest absolute Gasteiger partial charge is 0.494 e. The zero-order valence-electron chi connectivity index (χ0n) is 24.7. The summed E-state index contributed by atoms with van der Waals surface area (Å²) in [5.74, 6) is 0.984. The Morgan fingerprint density at radius 1 is 1.10 bits per heavy atom. The zero-order valence-corrected chi connectivity index (χ0v) is 24.7. The fourth-order valence-electron chi connectivity index (χ4n) is 5.17. The second-order valence-electron chi connectivity index (χ2n) is 12.2. The Kier molecular flexibility index (Phi) is 11.9. The predicted octanol–water partition coefficient (Wildman–Crippen LogP) is 5.94. The summed E-state index contributed by atoms with van der Waals surface area (Å²) in [7, 11) is 0. The maximum atomic E-state index is 13.2. The smallest absolute Gasteiger partial charge is 0.325 e. The van der Waals surface area contributed by atoms with Crippen molar-refractivity contribution in [2.45, 2.75) is 111 Å². The number of hydrogen-bond donors (Lipinski definition) is 1. The fraction of sp³-hybridized carbons (Fsp3) is 0.710. The number of carbonyl (C=O) groups is 2. The van der Waals surface area contributed by atoms with Crippen LogP contribution in [0.15, 0.2) is 23.2 Å². The van der Waals surface area contributed by atoms with Crippen LogP contribution in [-0.2, 0) is 20.9 Å². The molecule has 1 aromatic rings. The van der Waals surface area contributed by atoms with Crippen LogP contribution in [-0.4, -0.2) is 60.0 Å². The van der Waals surface area contributed by atoms with Gasteiger partial charge in [-0.2, -0.15) is 0 Å². The molecule has 2 N–H and O–H groups in total. The number of carbonyl (C=O) groups excluding carboxylic acids is 2. The van der Waals surface area contributed by atoms with Crippen molar-refractivity contribution in [3.63, 3.8) is 0 Å². The molecule has 3 rings (SSSR count). The van der Waals surface area contributed by atoms with Crippen molar-refractivity contribution < 1.29 is 19.1 Å². The van der Waals surface area contributed by atoms with Gasteiger partial charge in [-0.05, 0) is 49.3 Å². The summed E-state index contributed by atoms with van der Waals surface area (Å²) < 4.78 is 11.4. The Labute approximate surface area is 235 Å². The standard InChI is InChI=1S/C31H50N4O4/c1-5-6-7-11-18-35(25-13-9-8-10-14-25)28(36)15-12-19-38-26-16-17-27-24(20-26)21-34(30(32)33-27)22-29(37)39-23-31(2,3)4/h16-17,20,25H,5-15,18-19,21-23H2,1-4H3,(H2,32,33). The lowest BCUT2D eigenvalue weighted by atomic mass is 9.93. The molecule has 0 unspecified atom stereocenters. The maximum Gasteiger partial charge on any atom is 0.325 e. The zero-order chi connectivity index (χ0) is 28.3. The third-order valence-electron chi connectivity index (χ3n) is 7.35. The van der Waals surface area contributed by atoms with E-state index in [1.807, 2.05) is 39.0 Å². The van der Waals surface area contributed by atoms with E-state index in [1.165, 1.54) is 38.5 Å². The number of guanidine groups is 1. The summed E-state index contributed by atoms with van der Waals surface area (Å²) in [5.41, 5.74) is 7.74. The lowest BCUT2D eigenvalue weighted by Crippen LogP contribution is -2.42. The van der Waals surface area contributed by atoms with E-state index in [-0.39, 0.29) is 23.8 Å². The van der Waals surface area contributed by atoms with Crippen LogP contribution < -0.4 is 10.5 Å². The number of esters is 1. The molecule has 0 radical (unpaired) electrons. The number of nitrogens with two attached hydrogens (primary N) is 1. The molecule has 1 saturated carbocycles. The molecule has 1 aliphatic carbocycles. The van der Waals surface area contributed by atoms with Gasteiger partial charge in [-0.25, -0.2) is 4.99 Å². The van der Waals surface area contributed by atoms with Crippen LogP contribution in [0.2, 0.25) is 0 Å². The van der Waals surface area contributed by atoms with E-state index in [0.29, 0.717) is 44.6 Å². The molecule has 8 heteroatoms. The second kappa shape index (κ2) is 15.1. The molecule has 0 atom stereocenters. The van der Waals surface area contributed by atoms with Crippen LogP contribution in [0.25, 0.3) is 0 Å². The molecule has 0 aromatic heterocycles. The van der Waals surface area contributed by atoms with Crippen LogP contribution in [0.5, 0.6) is 5.75 Å². The lowest BCUT2D eigenvalue weighted by molar-refractivity contribution is -0.146. The van der Waals surface area contributed by atoms with Gasteiger partial charge < -0.3 is 25.0 Å². The molecule has 39 heavy (non-hydrogen) atoms. The molecular weight excluding hydrogens is 492 g/mol. The van der Waals surface area contributed by atoms with Crippen molar-refractivity contribution in [2.75, 3.05) is 26.3 Å². The molecule has 1 aromatic carbocycles. The molecule has 0 saturated heterocycles. The normalized spacial score (nSPS) is 15.9. The monoisotopic (exact) mass is 542 g/mol. The molecule has 0 bridgehead atoms. The average molecular weight is 543 g/mol. The molecule has 218 valence electrons. The lowest BCUT2D eigenvalue weighted by Gasteiger charge is -2.34. The van der Waals surface area contributed by atoms with Crippen LogP contribution in [0.4, 0.5) is 5.69 Å². The summed E-state index contributed by atoms with van der Waals surface area (Å²) in [6, 6.07) is 6.13. The summed E-state index contributed by atoms with van der Waals surface area (Å²) in [4.78, 5) is 33.8. The Balaban J connectivity index is 1.48. The van der Waals surface area contributed by atoms with Crippen molar-refractivity contribution in [2.24, 2.45) is 16.1 Å². The van der Waals surface area contributed by atoms with E-state index in [4.69, 9.17) is 15.2 Å². The topological polar surface area (TPSA) is 97.5 Å². The van der Waals surface area contributed by atoms with Crippen LogP contribution in [0.1, 0.15) is 104 Å². The summed E-state index contributed by atoms with van der Waals surface area (Å²) in [6.07, 6.45) is 12.0. The number of amides is 1. The highest BCUT2D eigenvalue weighted by Gasteiger charge is 2.25. The van der Waals surface area contributed by atoms with E-state index < -0.39 is 0 Å². The van der Waals surface area contributed by atoms with Crippen molar-refractivity contribution in [1.82, 2.24) is 9.80 Å². The Morgan fingerprint density at radius 3 is 2.59 bits per heavy atom. The van der Waals surface area contributed by atoms with Crippen LogP contribution >= 0.6 is 0 Å². The highest BCUT2D eigenvalue weighted by atomic mass is 16.5. The highest BCUT2D eigenvalue weighted by molar-refractivity contribution is 5.87.